The Morgan fingerprint density at radius 2 is 1.95 bits per heavy atom. The van der Waals surface area contributed by atoms with Gasteiger partial charge in [0.1, 0.15) is 5.82 Å². The molecule has 212 valence electrons. The van der Waals surface area contributed by atoms with E-state index in [0.717, 1.165) is 34.5 Å². The zero-order valence-electron chi connectivity index (χ0n) is 23.1. The van der Waals surface area contributed by atoms with Crippen LogP contribution >= 0.6 is 0 Å². The standard InChI is InChI=1S/C30H31N5O5S/c1-18-16-40-17-21-8-7-19(11-28(21)41(18,37)38)30(36)32-15-22-12-25-20(14-31-22)9-10-24(33-25)23-5-4-6-29(34-23)35(2)26-13-27(26)39-3/h4-12,14,18,26-27H,13,15-17H2,1-3H3,(H,32,36)/t18-,26-,27-/m0/s1. The highest BCUT2D eigenvalue weighted by Crippen LogP contribution is 2.33. The Morgan fingerprint density at radius 3 is 2.76 bits per heavy atom. The fourth-order valence-electron chi connectivity index (χ4n) is 5.04. The second-order valence-electron chi connectivity index (χ2n) is 10.5. The number of hydrogen-bond donors (Lipinski definition) is 1. The van der Waals surface area contributed by atoms with Gasteiger partial charge in [-0.15, -0.1) is 0 Å². The Hall–Kier alpha value is -3.93. The average molecular weight is 574 g/mol. The fourth-order valence-corrected chi connectivity index (χ4v) is 6.54. The van der Waals surface area contributed by atoms with Gasteiger partial charge in [0.15, 0.2) is 9.84 Å². The molecule has 11 heteroatoms. The number of hydrogen-bond acceptors (Lipinski definition) is 9. The number of anilines is 1. The molecule has 1 aliphatic heterocycles. The molecule has 0 radical (unpaired) electrons. The molecule has 1 fully saturated rings. The number of sulfone groups is 1. The Bertz CT molecular complexity index is 1740. The van der Waals surface area contributed by atoms with Crippen molar-refractivity contribution in [1.29, 1.82) is 0 Å². The van der Waals surface area contributed by atoms with Gasteiger partial charge in [-0.1, -0.05) is 12.1 Å². The van der Waals surface area contributed by atoms with Crippen LogP contribution in [0.1, 0.15) is 35.0 Å². The van der Waals surface area contributed by atoms with Crippen molar-refractivity contribution >= 4 is 32.5 Å². The minimum atomic E-state index is -3.58. The number of aromatic nitrogens is 3. The Morgan fingerprint density at radius 1 is 1.12 bits per heavy atom. The summed E-state index contributed by atoms with van der Waals surface area (Å²) >= 11 is 0. The number of nitrogens with one attached hydrogen (secondary N) is 1. The third-order valence-electron chi connectivity index (χ3n) is 7.69. The minimum absolute atomic E-state index is 0.121. The van der Waals surface area contributed by atoms with E-state index < -0.39 is 15.1 Å². The van der Waals surface area contributed by atoms with E-state index in [-0.39, 0.29) is 42.2 Å². The number of rotatable bonds is 7. The van der Waals surface area contributed by atoms with Crippen LogP contribution in [0.5, 0.6) is 0 Å². The van der Waals surface area contributed by atoms with Gasteiger partial charge < -0.3 is 19.7 Å². The molecule has 2 aliphatic rings. The molecule has 10 nitrogen and oxygen atoms in total. The molecular weight excluding hydrogens is 542 g/mol. The van der Waals surface area contributed by atoms with Crippen LogP contribution in [-0.4, -0.2) is 67.4 Å². The molecule has 1 aliphatic carbocycles. The molecule has 0 bridgehead atoms. The van der Waals surface area contributed by atoms with Crippen LogP contribution < -0.4 is 10.2 Å². The first kappa shape index (κ1) is 27.3. The highest BCUT2D eigenvalue weighted by molar-refractivity contribution is 7.92. The van der Waals surface area contributed by atoms with E-state index in [0.29, 0.717) is 17.3 Å². The number of ether oxygens (including phenoxy) is 2. The quantitative estimate of drug-likeness (QED) is 0.354. The van der Waals surface area contributed by atoms with Crippen LogP contribution in [-0.2, 0) is 32.5 Å². The van der Waals surface area contributed by atoms with Crippen molar-refractivity contribution < 1.29 is 22.7 Å². The largest absolute Gasteiger partial charge is 0.379 e. The fraction of sp³-hybridized carbons (Fsp3) is 0.333. The SMILES string of the molecule is CO[C@H]1C[C@@H]1N(C)c1cccc(-c2ccc3cnc(CNC(=O)c4ccc5c(c4)S(=O)(=O)[C@@H](C)COC5)cc3n2)n1. The summed E-state index contributed by atoms with van der Waals surface area (Å²) in [5.74, 6) is 0.473. The summed E-state index contributed by atoms with van der Waals surface area (Å²) in [6, 6.07) is 16.6. The number of amides is 1. The summed E-state index contributed by atoms with van der Waals surface area (Å²) in [5, 5.41) is 3.04. The third-order valence-corrected chi connectivity index (χ3v) is 9.88. The minimum Gasteiger partial charge on any atom is -0.379 e. The van der Waals surface area contributed by atoms with E-state index in [1.54, 1.807) is 32.4 Å². The van der Waals surface area contributed by atoms with Gasteiger partial charge in [0.25, 0.3) is 5.91 Å². The van der Waals surface area contributed by atoms with Gasteiger partial charge in [0.05, 0.1) is 64.6 Å². The normalized spacial score (nSPS) is 21.1. The van der Waals surface area contributed by atoms with Gasteiger partial charge in [0, 0.05) is 31.3 Å². The van der Waals surface area contributed by atoms with E-state index in [2.05, 4.69) is 15.2 Å². The van der Waals surface area contributed by atoms with Crippen LogP contribution in [0.3, 0.4) is 0 Å². The van der Waals surface area contributed by atoms with Crippen molar-refractivity contribution in [3.05, 3.63) is 77.6 Å². The highest BCUT2D eigenvalue weighted by Gasteiger charge is 2.41. The molecule has 0 saturated heterocycles. The van der Waals surface area contributed by atoms with Gasteiger partial charge in [0.2, 0.25) is 0 Å². The molecule has 6 rings (SSSR count). The third kappa shape index (κ3) is 5.40. The van der Waals surface area contributed by atoms with E-state index in [4.69, 9.17) is 19.4 Å². The van der Waals surface area contributed by atoms with Gasteiger partial charge in [-0.25, -0.2) is 18.4 Å². The van der Waals surface area contributed by atoms with Crippen molar-refractivity contribution in [3.8, 4) is 11.4 Å². The topological polar surface area (TPSA) is 124 Å². The number of nitrogens with zero attached hydrogens (tertiary/aromatic N) is 4. The maximum absolute atomic E-state index is 13.0. The summed E-state index contributed by atoms with van der Waals surface area (Å²) in [6.45, 7) is 2.08. The van der Waals surface area contributed by atoms with Crippen LogP contribution in [0.15, 0.2) is 65.7 Å². The molecule has 1 N–H and O–H groups in total. The average Bonchev–Trinajstić information content (AvgIpc) is 3.80. The van der Waals surface area contributed by atoms with Crippen molar-refractivity contribution in [2.24, 2.45) is 0 Å². The van der Waals surface area contributed by atoms with Crippen molar-refractivity contribution in [2.75, 3.05) is 25.7 Å². The van der Waals surface area contributed by atoms with Crippen LogP contribution in [0.4, 0.5) is 5.82 Å². The number of benzene rings is 1. The van der Waals surface area contributed by atoms with Gasteiger partial charge in [-0.2, -0.15) is 0 Å². The maximum Gasteiger partial charge on any atom is 0.251 e. The summed E-state index contributed by atoms with van der Waals surface area (Å²) in [5.41, 5.74) is 3.67. The lowest BCUT2D eigenvalue weighted by molar-refractivity contribution is 0.0950. The zero-order chi connectivity index (χ0) is 28.7. The number of methoxy groups -OCH3 is 1. The second-order valence-corrected chi connectivity index (χ2v) is 12.8. The Balaban J connectivity index is 1.19. The van der Waals surface area contributed by atoms with Crippen LogP contribution in [0, 0.1) is 0 Å². The maximum atomic E-state index is 13.0. The zero-order valence-corrected chi connectivity index (χ0v) is 23.9. The van der Waals surface area contributed by atoms with Crippen molar-refractivity contribution in [2.45, 2.75) is 48.8 Å². The molecule has 41 heavy (non-hydrogen) atoms. The second kappa shape index (κ2) is 10.8. The molecule has 1 amide bonds. The lowest BCUT2D eigenvalue weighted by Gasteiger charge is -2.18. The summed E-state index contributed by atoms with van der Waals surface area (Å²) in [6.07, 6.45) is 2.94. The van der Waals surface area contributed by atoms with Crippen molar-refractivity contribution in [1.82, 2.24) is 20.3 Å². The molecular formula is C30H31N5O5S. The molecule has 0 spiro atoms. The number of fused-ring (bicyclic) bond motifs is 2. The number of carbonyl (C=O) groups is 1. The molecule has 4 aromatic rings. The first-order valence-corrected chi connectivity index (χ1v) is 15.0. The first-order valence-electron chi connectivity index (χ1n) is 13.5. The monoisotopic (exact) mass is 573 g/mol. The molecule has 0 unspecified atom stereocenters. The summed E-state index contributed by atoms with van der Waals surface area (Å²) in [7, 11) is 0.170. The Kier molecular flexibility index (Phi) is 7.18. The van der Waals surface area contributed by atoms with Crippen LogP contribution in [0.25, 0.3) is 22.3 Å². The molecule has 4 heterocycles. The first-order chi connectivity index (χ1) is 19.7. The molecule has 3 aromatic heterocycles. The molecule has 1 aromatic carbocycles. The van der Waals surface area contributed by atoms with E-state index in [1.165, 1.54) is 6.07 Å². The highest BCUT2D eigenvalue weighted by atomic mass is 32.2. The van der Waals surface area contributed by atoms with Gasteiger partial charge in [-0.05, 0) is 61.4 Å². The smallest absolute Gasteiger partial charge is 0.251 e. The lowest BCUT2D eigenvalue weighted by Crippen LogP contribution is -2.25. The van der Waals surface area contributed by atoms with E-state index in [1.807, 2.05) is 43.4 Å². The number of likely N-dealkylation sites (N-methyl/N-ethyl adjacent to an activating group) is 1. The van der Waals surface area contributed by atoms with Crippen molar-refractivity contribution in [3.63, 3.8) is 0 Å². The van der Waals surface area contributed by atoms with Gasteiger partial charge >= 0.3 is 0 Å². The predicted molar refractivity (Wildman–Crippen MR) is 154 cm³/mol. The van der Waals surface area contributed by atoms with Crippen LogP contribution in [0.2, 0.25) is 0 Å². The Labute approximate surface area is 238 Å². The lowest BCUT2D eigenvalue weighted by atomic mass is 10.1. The molecule has 1 saturated carbocycles. The summed E-state index contributed by atoms with van der Waals surface area (Å²) in [4.78, 5) is 29.4. The number of carbonyl (C=O) groups excluding carboxylic acids is 1. The molecule has 3 atom stereocenters. The number of pyridine rings is 3. The summed E-state index contributed by atoms with van der Waals surface area (Å²) < 4.78 is 36.7. The van der Waals surface area contributed by atoms with E-state index >= 15 is 0 Å². The predicted octanol–water partition coefficient (Wildman–Crippen LogP) is 3.54. The van der Waals surface area contributed by atoms with E-state index in [9.17, 15) is 13.2 Å². The van der Waals surface area contributed by atoms with Gasteiger partial charge in [-0.3, -0.25) is 9.78 Å².